The van der Waals surface area contributed by atoms with E-state index in [-0.39, 0.29) is 10.3 Å². The number of halogens is 1. The monoisotopic (exact) mass is 291 g/mol. The predicted molar refractivity (Wildman–Crippen MR) is 72.5 cm³/mol. The fourth-order valence-electron chi connectivity index (χ4n) is 1.68. The Hall–Kier alpha value is -0.620. The van der Waals surface area contributed by atoms with Gasteiger partial charge in [-0.3, -0.25) is 0 Å². The first-order valence-electron chi connectivity index (χ1n) is 5.71. The molecule has 1 aromatic carbocycles. The molecule has 18 heavy (non-hydrogen) atoms. The van der Waals surface area contributed by atoms with Gasteiger partial charge in [-0.1, -0.05) is 25.1 Å². The number of sulfonamides is 1. The minimum atomic E-state index is -3.45. The maximum atomic E-state index is 12.0. The smallest absolute Gasteiger partial charge is 0.240 e. The van der Waals surface area contributed by atoms with Gasteiger partial charge in [0.05, 0.1) is 16.9 Å². The Balaban J connectivity index is 3.00. The number of ether oxygens (including phenoxy) is 1. The van der Waals surface area contributed by atoms with E-state index in [1.807, 2.05) is 0 Å². The number of alkyl halides is 1. The highest BCUT2D eigenvalue weighted by atomic mass is 35.5. The van der Waals surface area contributed by atoms with Crippen LogP contribution in [0.1, 0.15) is 12.5 Å². The van der Waals surface area contributed by atoms with Crippen molar-refractivity contribution in [1.29, 1.82) is 0 Å². The second-order valence-electron chi connectivity index (χ2n) is 3.87. The minimum absolute atomic E-state index is 0.243. The molecule has 0 fully saturated rings. The van der Waals surface area contributed by atoms with Gasteiger partial charge in [-0.05, 0) is 18.1 Å². The standard InChI is InChI=1S/C12H18ClNO3S/c1-3-14-18(15,16)12-7-5-4-6-10(12)8-11(13)9-17-2/h4-7,11,14H,3,8-9H2,1-2H3. The lowest BCUT2D eigenvalue weighted by Gasteiger charge is -2.13. The van der Waals surface area contributed by atoms with Crippen molar-refractivity contribution in [1.82, 2.24) is 4.72 Å². The zero-order valence-corrected chi connectivity index (χ0v) is 12.1. The van der Waals surface area contributed by atoms with Gasteiger partial charge in [-0.25, -0.2) is 13.1 Å². The summed E-state index contributed by atoms with van der Waals surface area (Å²) in [7, 11) is -1.88. The molecule has 1 N–H and O–H groups in total. The molecule has 0 spiro atoms. The third-order valence-electron chi connectivity index (χ3n) is 2.39. The molecule has 6 heteroatoms. The van der Waals surface area contributed by atoms with Crippen molar-refractivity contribution >= 4 is 21.6 Å². The van der Waals surface area contributed by atoms with Crippen molar-refractivity contribution < 1.29 is 13.2 Å². The zero-order chi connectivity index (χ0) is 13.6. The molecule has 4 nitrogen and oxygen atoms in total. The quantitative estimate of drug-likeness (QED) is 0.779. The van der Waals surface area contributed by atoms with Gasteiger partial charge >= 0.3 is 0 Å². The lowest BCUT2D eigenvalue weighted by Crippen LogP contribution is -2.25. The van der Waals surface area contributed by atoms with E-state index in [9.17, 15) is 8.42 Å². The van der Waals surface area contributed by atoms with Crippen LogP contribution < -0.4 is 4.72 Å². The van der Waals surface area contributed by atoms with Crippen LogP contribution in [0.3, 0.4) is 0 Å². The van der Waals surface area contributed by atoms with E-state index in [0.717, 1.165) is 0 Å². The Morgan fingerprint density at radius 1 is 1.39 bits per heavy atom. The first kappa shape index (κ1) is 15.4. The number of nitrogens with one attached hydrogen (secondary N) is 1. The summed E-state index contributed by atoms with van der Waals surface area (Å²) >= 11 is 6.07. The Bertz CT molecular complexity index is 476. The van der Waals surface area contributed by atoms with Crippen molar-refractivity contribution in [2.24, 2.45) is 0 Å². The molecule has 102 valence electrons. The molecule has 1 unspecified atom stereocenters. The average molecular weight is 292 g/mol. The van der Waals surface area contributed by atoms with E-state index in [1.54, 1.807) is 38.3 Å². The normalized spacial score (nSPS) is 13.5. The van der Waals surface area contributed by atoms with Crippen LogP contribution >= 0.6 is 11.6 Å². The highest BCUT2D eigenvalue weighted by molar-refractivity contribution is 7.89. The fraction of sp³-hybridized carbons (Fsp3) is 0.500. The summed E-state index contributed by atoms with van der Waals surface area (Å²) in [5, 5.41) is -0.243. The average Bonchev–Trinajstić information content (AvgIpc) is 2.29. The molecule has 0 aromatic heterocycles. The topological polar surface area (TPSA) is 55.4 Å². The van der Waals surface area contributed by atoms with Crippen molar-refractivity contribution in [3.63, 3.8) is 0 Å². The van der Waals surface area contributed by atoms with Crippen LogP contribution in [-0.4, -0.2) is 34.1 Å². The summed E-state index contributed by atoms with van der Waals surface area (Å²) < 4.78 is 31.4. The van der Waals surface area contributed by atoms with Crippen molar-refractivity contribution in [2.45, 2.75) is 23.6 Å². The molecular weight excluding hydrogens is 274 g/mol. The molecule has 0 bridgehead atoms. The van der Waals surface area contributed by atoms with E-state index >= 15 is 0 Å². The largest absolute Gasteiger partial charge is 0.383 e. The molecule has 0 radical (unpaired) electrons. The van der Waals surface area contributed by atoms with Crippen LogP contribution in [0.15, 0.2) is 29.2 Å². The number of methoxy groups -OCH3 is 1. The third kappa shape index (κ3) is 4.24. The van der Waals surface area contributed by atoms with E-state index in [4.69, 9.17) is 16.3 Å². The molecule has 0 saturated heterocycles. The second-order valence-corrected chi connectivity index (χ2v) is 6.22. The SMILES string of the molecule is CCNS(=O)(=O)c1ccccc1CC(Cl)COC. The Morgan fingerprint density at radius 3 is 2.67 bits per heavy atom. The first-order valence-corrected chi connectivity index (χ1v) is 7.63. The minimum Gasteiger partial charge on any atom is -0.383 e. The van der Waals surface area contributed by atoms with Gasteiger partial charge in [0.15, 0.2) is 0 Å². The number of rotatable bonds is 7. The summed E-state index contributed by atoms with van der Waals surface area (Å²) in [4.78, 5) is 0.286. The molecular formula is C12H18ClNO3S. The summed E-state index contributed by atoms with van der Waals surface area (Å²) in [6.07, 6.45) is 0.455. The van der Waals surface area contributed by atoms with E-state index in [2.05, 4.69) is 4.72 Å². The summed E-state index contributed by atoms with van der Waals surface area (Å²) in [6, 6.07) is 6.86. The van der Waals surface area contributed by atoms with Crippen LogP contribution in [0.4, 0.5) is 0 Å². The highest BCUT2D eigenvalue weighted by Crippen LogP contribution is 2.18. The fourth-order valence-corrected chi connectivity index (χ4v) is 3.26. The zero-order valence-electron chi connectivity index (χ0n) is 10.5. The van der Waals surface area contributed by atoms with Gasteiger partial charge in [-0.2, -0.15) is 0 Å². The molecule has 0 amide bonds. The van der Waals surface area contributed by atoms with Crippen LogP contribution in [0.25, 0.3) is 0 Å². The summed E-state index contributed by atoms with van der Waals surface area (Å²) in [5.41, 5.74) is 0.704. The maximum absolute atomic E-state index is 12.0. The van der Waals surface area contributed by atoms with Crippen molar-refractivity contribution in [3.8, 4) is 0 Å². The van der Waals surface area contributed by atoms with Gasteiger partial charge in [0.1, 0.15) is 0 Å². The molecule has 0 saturated carbocycles. The predicted octanol–water partition coefficient (Wildman–Crippen LogP) is 1.78. The lowest BCUT2D eigenvalue weighted by molar-refractivity contribution is 0.197. The van der Waals surface area contributed by atoms with E-state index in [1.165, 1.54) is 0 Å². The van der Waals surface area contributed by atoms with Crippen LogP contribution in [0, 0.1) is 0 Å². The maximum Gasteiger partial charge on any atom is 0.240 e. The van der Waals surface area contributed by atoms with Crippen molar-refractivity contribution in [3.05, 3.63) is 29.8 Å². The number of hydrogen-bond acceptors (Lipinski definition) is 3. The molecule has 1 atom stereocenters. The van der Waals surface area contributed by atoms with Gasteiger partial charge < -0.3 is 4.74 Å². The van der Waals surface area contributed by atoms with Gasteiger partial charge in [-0.15, -0.1) is 11.6 Å². The molecule has 0 aliphatic carbocycles. The van der Waals surface area contributed by atoms with Crippen LogP contribution in [-0.2, 0) is 21.2 Å². The molecule has 0 aliphatic heterocycles. The Labute approximate surface area is 113 Å². The summed E-state index contributed by atoms with van der Waals surface area (Å²) in [5.74, 6) is 0. The second kappa shape index (κ2) is 7.09. The molecule has 1 rings (SSSR count). The molecule has 0 aliphatic rings. The number of benzene rings is 1. The van der Waals surface area contributed by atoms with Crippen LogP contribution in [0.2, 0.25) is 0 Å². The summed E-state index contributed by atoms with van der Waals surface area (Å²) in [6.45, 7) is 2.49. The lowest BCUT2D eigenvalue weighted by atomic mass is 10.1. The van der Waals surface area contributed by atoms with Gasteiger partial charge in [0, 0.05) is 13.7 Å². The van der Waals surface area contributed by atoms with Gasteiger partial charge in [0.25, 0.3) is 0 Å². The number of hydrogen-bond donors (Lipinski definition) is 1. The third-order valence-corrected chi connectivity index (χ3v) is 4.31. The molecule has 0 heterocycles. The van der Waals surface area contributed by atoms with Crippen molar-refractivity contribution in [2.75, 3.05) is 20.3 Å². The van der Waals surface area contributed by atoms with Gasteiger partial charge in [0.2, 0.25) is 10.0 Å². The van der Waals surface area contributed by atoms with E-state index < -0.39 is 10.0 Å². The van der Waals surface area contributed by atoms with E-state index in [0.29, 0.717) is 25.1 Å². The Morgan fingerprint density at radius 2 is 2.06 bits per heavy atom. The van der Waals surface area contributed by atoms with Crippen LogP contribution in [0.5, 0.6) is 0 Å². The molecule has 1 aromatic rings. The highest BCUT2D eigenvalue weighted by Gasteiger charge is 2.18. The first-order chi connectivity index (χ1) is 8.51. The Kier molecular flexibility index (Phi) is 6.08.